The average molecular weight is 416 g/mol. The lowest BCUT2D eigenvalue weighted by molar-refractivity contribution is -0.125. The van der Waals surface area contributed by atoms with Crippen LogP contribution in [0.1, 0.15) is 56.3 Å². The first-order chi connectivity index (χ1) is 12.4. The van der Waals surface area contributed by atoms with Gasteiger partial charge in [0.15, 0.2) is 0 Å². The summed E-state index contributed by atoms with van der Waals surface area (Å²) in [4.78, 5) is 25.4. The monoisotopic (exact) mass is 415 g/mol. The Hall–Kier alpha value is -1.30. The number of nitrogens with one attached hydrogen (secondary N) is 2. The van der Waals surface area contributed by atoms with Gasteiger partial charge in [-0.3, -0.25) is 9.59 Å². The molecule has 2 rings (SSSR count). The molecule has 0 bridgehead atoms. The van der Waals surface area contributed by atoms with E-state index in [9.17, 15) is 9.59 Å². The smallest absolute Gasteiger partial charge is 0.253 e. The van der Waals surface area contributed by atoms with Gasteiger partial charge in [-0.25, -0.2) is 0 Å². The van der Waals surface area contributed by atoms with E-state index < -0.39 is 6.04 Å². The Kier molecular flexibility index (Phi) is 10.1. The molecule has 27 heavy (non-hydrogen) atoms. The zero-order valence-electron chi connectivity index (χ0n) is 16.0. The minimum absolute atomic E-state index is 0. The van der Waals surface area contributed by atoms with E-state index in [2.05, 4.69) is 10.6 Å². The third kappa shape index (κ3) is 6.66. The molecule has 1 saturated carbocycles. The van der Waals surface area contributed by atoms with Crippen LogP contribution in [-0.2, 0) is 4.79 Å². The lowest BCUT2D eigenvalue weighted by Crippen LogP contribution is -2.55. The van der Waals surface area contributed by atoms with Crippen molar-refractivity contribution in [3.05, 3.63) is 34.9 Å². The van der Waals surface area contributed by atoms with Crippen molar-refractivity contribution in [2.24, 2.45) is 17.6 Å². The van der Waals surface area contributed by atoms with Crippen LogP contribution in [-0.4, -0.2) is 30.4 Å². The molecule has 0 aliphatic heterocycles. The van der Waals surface area contributed by atoms with Gasteiger partial charge in [-0.15, -0.1) is 12.4 Å². The van der Waals surface area contributed by atoms with Crippen LogP contribution < -0.4 is 16.4 Å². The van der Waals surface area contributed by atoms with Crippen LogP contribution in [0.4, 0.5) is 0 Å². The minimum Gasteiger partial charge on any atom is -0.350 e. The molecule has 5 nitrogen and oxygen atoms in total. The molecule has 0 aromatic heterocycles. The summed E-state index contributed by atoms with van der Waals surface area (Å²) >= 11 is 6.09. The van der Waals surface area contributed by atoms with Gasteiger partial charge < -0.3 is 16.4 Å². The number of halogens is 2. The maximum absolute atomic E-state index is 12.8. The Morgan fingerprint density at radius 3 is 2.33 bits per heavy atom. The Labute approximate surface area is 173 Å². The van der Waals surface area contributed by atoms with Crippen LogP contribution in [0.25, 0.3) is 0 Å². The highest BCUT2D eigenvalue weighted by molar-refractivity contribution is 6.33. The van der Waals surface area contributed by atoms with Crippen LogP contribution in [0, 0.1) is 11.8 Å². The molecular formula is C20H31Cl2N3O2. The highest BCUT2D eigenvalue weighted by Crippen LogP contribution is 2.26. The van der Waals surface area contributed by atoms with Gasteiger partial charge in [0.2, 0.25) is 5.91 Å². The summed E-state index contributed by atoms with van der Waals surface area (Å²) in [5, 5.41) is 6.28. The largest absolute Gasteiger partial charge is 0.350 e. The highest BCUT2D eigenvalue weighted by Gasteiger charge is 2.30. The summed E-state index contributed by atoms with van der Waals surface area (Å²) in [5.41, 5.74) is 6.29. The molecule has 1 aromatic rings. The average Bonchev–Trinajstić information content (AvgIpc) is 2.64. The predicted octanol–water partition coefficient (Wildman–Crippen LogP) is 3.54. The van der Waals surface area contributed by atoms with Gasteiger partial charge >= 0.3 is 0 Å². The van der Waals surface area contributed by atoms with Gasteiger partial charge in [-0.05, 0) is 36.8 Å². The summed E-state index contributed by atoms with van der Waals surface area (Å²) < 4.78 is 0. The van der Waals surface area contributed by atoms with Crippen molar-refractivity contribution in [1.82, 2.24) is 10.6 Å². The second kappa shape index (κ2) is 11.5. The maximum Gasteiger partial charge on any atom is 0.253 e. The van der Waals surface area contributed by atoms with Crippen molar-refractivity contribution in [1.29, 1.82) is 0 Å². The molecule has 1 aromatic carbocycles. The Morgan fingerprint density at radius 2 is 1.78 bits per heavy atom. The highest BCUT2D eigenvalue weighted by atomic mass is 35.5. The fourth-order valence-corrected chi connectivity index (χ4v) is 3.80. The first-order valence-electron chi connectivity index (χ1n) is 9.49. The molecule has 2 amide bonds. The second-order valence-electron chi connectivity index (χ2n) is 7.42. The van der Waals surface area contributed by atoms with Crippen molar-refractivity contribution in [2.45, 2.75) is 58.0 Å². The number of nitrogens with two attached hydrogens (primary N) is 1. The quantitative estimate of drug-likeness (QED) is 0.636. The third-order valence-corrected chi connectivity index (χ3v) is 5.48. The normalized spacial score (nSPS) is 16.9. The van der Waals surface area contributed by atoms with E-state index in [0.717, 1.165) is 12.8 Å². The predicted molar refractivity (Wildman–Crippen MR) is 112 cm³/mol. The Bertz CT molecular complexity index is 619. The van der Waals surface area contributed by atoms with Crippen LogP contribution in [0.15, 0.2) is 24.3 Å². The first kappa shape index (κ1) is 23.7. The van der Waals surface area contributed by atoms with Crippen molar-refractivity contribution in [2.75, 3.05) is 6.54 Å². The maximum atomic E-state index is 12.8. The molecule has 0 spiro atoms. The molecule has 1 aliphatic rings. The van der Waals surface area contributed by atoms with E-state index in [4.69, 9.17) is 17.3 Å². The summed E-state index contributed by atoms with van der Waals surface area (Å²) in [6.07, 6.45) is 5.83. The zero-order chi connectivity index (χ0) is 19.1. The number of benzene rings is 1. The molecule has 2 unspecified atom stereocenters. The van der Waals surface area contributed by atoms with E-state index >= 15 is 0 Å². The van der Waals surface area contributed by atoms with E-state index in [-0.39, 0.29) is 36.2 Å². The molecule has 4 N–H and O–H groups in total. The van der Waals surface area contributed by atoms with Crippen molar-refractivity contribution < 1.29 is 9.59 Å². The first-order valence-corrected chi connectivity index (χ1v) is 9.87. The summed E-state index contributed by atoms with van der Waals surface area (Å²) in [6, 6.07) is 6.16. The van der Waals surface area contributed by atoms with Crippen LogP contribution >= 0.6 is 24.0 Å². The van der Waals surface area contributed by atoms with Crippen LogP contribution in [0.5, 0.6) is 0 Å². The molecular weight excluding hydrogens is 385 g/mol. The molecule has 7 heteroatoms. The van der Waals surface area contributed by atoms with E-state index in [1.165, 1.54) is 19.3 Å². The number of rotatable bonds is 7. The number of carbonyl (C=O) groups excluding carboxylic acids is 2. The van der Waals surface area contributed by atoms with Crippen molar-refractivity contribution in [3.63, 3.8) is 0 Å². The fraction of sp³-hybridized carbons (Fsp3) is 0.600. The second-order valence-corrected chi connectivity index (χ2v) is 7.83. The van der Waals surface area contributed by atoms with Crippen molar-refractivity contribution in [3.8, 4) is 0 Å². The Morgan fingerprint density at radius 1 is 1.15 bits per heavy atom. The molecule has 1 fully saturated rings. The van der Waals surface area contributed by atoms with E-state index in [1.54, 1.807) is 24.3 Å². The van der Waals surface area contributed by atoms with Gasteiger partial charge in [0.05, 0.1) is 10.6 Å². The number of carbonyl (C=O) groups is 2. The lowest BCUT2D eigenvalue weighted by Gasteiger charge is -2.32. The van der Waals surface area contributed by atoms with Gasteiger partial charge in [0, 0.05) is 12.6 Å². The number of hydrogen-bond acceptors (Lipinski definition) is 3. The standard InChI is InChI=1S/C20H30ClN3O2.ClH/c1-13(2)18(24-19(25)15-10-6-7-11-16(15)21)20(26)23-17(12-22)14-8-4-3-5-9-14;/h6-7,10-11,13-14,17-18H,3-5,8-9,12,22H2,1-2H3,(H,23,26)(H,24,25);1H. The summed E-state index contributed by atoms with van der Waals surface area (Å²) in [6.45, 7) is 4.24. The molecule has 2 atom stereocenters. The molecule has 0 saturated heterocycles. The topological polar surface area (TPSA) is 84.2 Å². The Balaban J connectivity index is 0.00000364. The van der Waals surface area contributed by atoms with Gasteiger partial charge in [-0.1, -0.05) is 56.8 Å². The minimum atomic E-state index is -0.628. The SMILES string of the molecule is CC(C)C(NC(=O)c1ccccc1Cl)C(=O)NC(CN)C1CCCCC1.Cl. The molecule has 0 heterocycles. The van der Waals surface area contributed by atoms with Crippen LogP contribution in [0.2, 0.25) is 5.02 Å². The molecule has 0 radical (unpaired) electrons. The number of hydrogen-bond donors (Lipinski definition) is 3. The fourth-order valence-electron chi connectivity index (χ4n) is 3.58. The van der Waals surface area contributed by atoms with Crippen molar-refractivity contribution >= 4 is 35.8 Å². The van der Waals surface area contributed by atoms with Gasteiger partial charge in [0.25, 0.3) is 5.91 Å². The van der Waals surface area contributed by atoms with E-state index in [0.29, 0.717) is 23.0 Å². The third-order valence-electron chi connectivity index (χ3n) is 5.15. The van der Waals surface area contributed by atoms with Gasteiger partial charge in [-0.2, -0.15) is 0 Å². The zero-order valence-corrected chi connectivity index (χ0v) is 17.6. The molecule has 152 valence electrons. The summed E-state index contributed by atoms with van der Waals surface area (Å²) in [7, 11) is 0. The van der Waals surface area contributed by atoms with E-state index in [1.807, 2.05) is 13.8 Å². The lowest BCUT2D eigenvalue weighted by atomic mass is 9.83. The number of amides is 2. The molecule has 1 aliphatic carbocycles. The van der Waals surface area contributed by atoms with Crippen LogP contribution in [0.3, 0.4) is 0 Å². The van der Waals surface area contributed by atoms with Gasteiger partial charge in [0.1, 0.15) is 6.04 Å². The summed E-state index contributed by atoms with van der Waals surface area (Å²) in [5.74, 6) is -0.149.